The molecule has 0 atom stereocenters. The van der Waals surface area contributed by atoms with Gasteiger partial charge in [-0.1, -0.05) is 61.6 Å². The van der Waals surface area contributed by atoms with Crippen molar-refractivity contribution < 1.29 is 8.78 Å². The first kappa shape index (κ1) is 24.3. The predicted octanol–water partition coefficient (Wildman–Crippen LogP) is 8.70. The Kier molecular flexibility index (Phi) is 8.44. The van der Waals surface area contributed by atoms with E-state index < -0.39 is 17.3 Å². The molecule has 0 radical (unpaired) electrons. The number of aliphatic imine (C=N–C) groups is 1. The maximum absolute atomic E-state index is 14.0. The van der Waals surface area contributed by atoms with Crippen LogP contribution in [0.3, 0.4) is 0 Å². The second-order valence-corrected chi connectivity index (χ2v) is 8.06. The van der Waals surface area contributed by atoms with E-state index in [1.54, 1.807) is 6.08 Å². The summed E-state index contributed by atoms with van der Waals surface area (Å²) in [5.41, 5.74) is 6.64. The molecule has 1 nitrogen and oxygen atoms in total. The first-order chi connectivity index (χ1) is 15.9. The smallest absolute Gasteiger partial charge is 0.153 e. The van der Waals surface area contributed by atoms with Crippen LogP contribution in [0, 0.1) is 37.3 Å². The van der Waals surface area contributed by atoms with Crippen molar-refractivity contribution in [2.75, 3.05) is 0 Å². The number of unbranched alkanes of at least 4 members (excludes halogenated alkanes) is 2. The summed E-state index contributed by atoms with van der Waals surface area (Å²) in [5, 5.41) is 1.99. The minimum Gasteiger partial charge on any atom is -0.204 e. The highest BCUT2D eigenvalue weighted by Gasteiger charge is 2.09. The second kappa shape index (κ2) is 11.5. The normalized spacial score (nSPS) is 10.6. The summed E-state index contributed by atoms with van der Waals surface area (Å²) in [7, 11) is 0. The average molecular weight is 458 g/mol. The van der Waals surface area contributed by atoms with E-state index in [2.05, 4.69) is 74.1 Å². The van der Waals surface area contributed by atoms with Crippen molar-refractivity contribution in [3.63, 3.8) is 0 Å². The van der Waals surface area contributed by atoms with Gasteiger partial charge in [0.25, 0.3) is 0 Å². The molecular weight excluding hydrogens is 432 g/mol. The molecule has 0 heterocycles. The van der Waals surface area contributed by atoms with Crippen LogP contribution in [0.4, 0.5) is 14.5 Å². The molecule has 0 aliphatic heterocycles. The van der Waals surface area contributed by atoms with Crippen molar-refractivity contribution in [2.24, 2.45) is 4.99 Å². The lowest BCUT2D eigenvalue weighted by molar-refractivity contribution is 0.587. The first-order valence-corrected chi connectivity index (χ1v) is 11.3. The lowest BCUT2D eigenvalue weighted by Gasteiger charge is -2.11. The highest BCUT2D eigenvalue weighted by Crippen LogP contribution is 2.29. The fourth-order valence-electron chi connectivity index (χ4n) is 3.71. The van der Waals surface area contributed by atoms with Gasteiger partial charge < -0.3 is 0 Å². The van der Waals surface area contributed by atoms with Gasteiger partial charge in [-0.25, -0.2) is 8.78 Å². The molecule has 33 heavy (non-hydrogen) atoms. The van der Waals surface area contributed by atoms with Crippen molar-refractivity contribution in [3.05, 3.63) is 88.0 Å². The summed E-state index contributed by atoms with van der Waals surface area (Å²) in [6.45, 7) is 6.38. The van der Waals surface area contributed by atoms with Crippen molar-refractivity contribution in [1.29, 1.82) is 0 Å². The molecule has 3 aromatic carbocycles. The Morgan fingerprint density at radius 2 is 1.52 bits per heavy atom. The van der Waals surface area contributed by atoms with Crippen LogP contribution in [0.5, 0.6) is 0 Å². The average Bonchev–Trinajstić information content (AvgIpc) is 2.78. The lowest BCUT2D eigenvalue weighted by atomic mass is 9.93. The van der Waals surface area contributed by atoms with Gasteiger partial charge in [-0.2, -0.15) is 4.99 Å². The largest absolute Gasteiger partial charge is 0.204 e. The number of hydrogen-bond donors (Lipinski definition) is 0. The molecule has 0 saturated carbocycles. The molecule has 0 amide bonds. The third-order valence-corrected chi connectivity index (χ3v) is 5.38. The van der Waals surface area contributed by atoms with Crippen LogP contribution in [0.2, 0.25) is 0 Å². The fraction of sp³-hybridized carbons (Fsp3) is 0.207. The predicted molar refractivity (Wildman–Crippen MR) is 138 cm³/mol. The molecule has 0 unspecified atom stereocenters. The topological polar surface area (TPSA) is 12.4 Å². The molecular formula is C29H25F2NS. The highest BCUT2D eigenvalue weighted by atomic mass is 32.1. The summed E-state index contributed by atoms with van der Waals surface area (Å²) in [6.07, 6.45) is 6.68. The summed E-state index contributed by atoms with van der Waals surface area (Å²) in [5.74, 6) is 4.98. The van der Waals surface area contributed by atoms with Crippen molar-refractivity contribution in [3.8, 4) is 23.0 Å². The van der Waals surface area contributed by atoms with E-state index in [1.807, 2.05) is 23.4 Å². The molecule has 0 fully saturated rings. The summed E-state index contributed by atoms with van der Waals surface area (Å²) >= 11 is 4.42. The minimum atomic E-state index is -0.771. The Morgan fingerprint density at radius 1 is 0.909 bits per heavy atom. The Hall–Kier alpha value is -3.38. The maximum atomic E-state index is 14.0. The van der Waals surface area contributed by atoms with Gasteiger partial charge in [0.2, 0.25) is 0 Å². The zero-order valence-corrected chi connectivity index (χ0v) is 19.8. The number of nitrogens with zero attached hydrogens (tertiary/aromatic N) is 1. The number of hydrogen-bond acceptors (Lipinski definition) is 2. The van der Waals surface area contributed by atoms with Gasteiger partial charge in [-0.15, -0.1) is 0 Å². The highest BCUT2D eigenvalue weighted by molar-refractivity contribution is 7.78. The standard InChI is InChI=1S/C29H25F2NS/c1-4-5-6-7-8-23-15-20(2)28(21(3)16-23)25-13-11-22(12-14-25)9-10-24-17-26(30)29(32-19-33)27(31)18-24/h9-18H,4-6H2,1-3H3/b10-9+. The van der Waals surface area contributed by atoms with Crippen LogP contribution in [-0.4, -0.2) is 5.16 Å². The Balaban J connectivity index is 1.80. The quantitative estimate of drug-likeness (QED) is 0.119. The molecule has 0 saturated heterocycles. The molecule has 0 aliphatic rings. The summed E-state index contributed by atoms with van der Waals surface area (Å²) in [4.78, 5) is 3.43. The van der Waals surface area contributed by atoms with Gasteiger partial charge in [0.05, 0.1) is 5.16 Å². The molecule has 0 spiro atoms. The van der Waals surface area contributed by atoms with Crippen molar-refractivity contribution in [2.45, 2.75) is 40.0 Å². The Bertz CT molecular complexity index is 1240. The molecule has 0 aliphatic carbocycles. The number of thiocarbonyl (C=S) groups is 1. The lowest BCUT2D eigenvalue weighted by Crippen LogP contribution is -1.91. The number of benzene rings is 3. The van der Waals surface area contributed by atoms with Crippen LogP contribution < -0.4 is 0 Å². The number of rotatable bonds is 6. The molecule has 4 heteroatoms. The maximum Gasteiger partial charge on any atom is 0.153 e. The van der Waals surface area contributed by atoms with Crippen molar-refractivity contribution >= 4 is 35.2 Å². The molecule has 166 valence electrons. The minimum absolute atomic E-state index is 0.403. The monoisotopic (exact) mass is 457 g/mol. The van der Waals surface area contributed by atoms with E-state index >= 15 is 0 Å². The molecule has 0 aromatic heterocycles. The second-order valence-electron chi connectivity index (χ2n) is 7.88. The van der Waals surface area contributed by atoms with E-state index in [9.17, 15) is 8.78 Å². The van der Waals surface area contributed by atoms with Gasteiger partial charge in [-0.05, 0) is 90.1 Å². The van der Waals surface area contributed by atoms with E-state index in [-0.39, 0.29) is 0 Å². The van der Waals surface area contributed by atoms with Crippen LogP contribution in [0.1, 0.15) is 54.0 Å². The summed E-state index contributed by atoms with van der Waals surface area (Å²) < 4.78 is 28.0. The molecule has 0 bridgehead atoms. The van der Waals surface area contributed by atoms with Gasteiger partial charge in [0.1, 0.15) is 5.69 Å². The number of halogens is 2. The van der Waals surface area contributed by atoms with Gasteiger partial charge in [-0.3, -0.25) is 0 Å². The van der Waals surface area contributed by atoms with Crippen LogP contribution in [0.25, 0.3) is 23.3 Å². The SMILES string of the molecule is CCCCC#Cc1cc(C)c(-c2ccc(/C=C/c3cc(F)c(N=C=S)c(F)c3)cc2)c(C)c1. The number of aryl methyl sites for hydroxylation is 2. The molecule has 3 rings (SSSR count). The molecule has 0 N–H and O–H groups in total. The van der Waals surface area contributed by atoms with E-state index in [4.69, 9.17) is 0 Å². The van der Waals surface area contributed by atoms with Crippen LogP contribution >= 0.6 is 12.2 Å². The zero-order valence-electron chi connectivity index (χ0n) is 19.0. The summed E-state index contributed by atoms with van der Waals surface area (Å²) in [6, 6.07) is 14.8. The van der Waals surface area contributed by atoms with Crippen LogP contribution in [-0.2, 0) is 0 Å². The van der Waals surface area contributed by atoms with Gasteiger partial charge in [0, 0.05) is 12.0 Å². The fourth-order valence-corrected chi connectivity index (χ4v) is 3.80. The third kappa shape index (κ3) is 6.33. The number of isothiocyanates is 1. The van der Waals surface area contributed by atoms with E-state index in [1.165, 1.54) is 28.8 Å². The van der Waals surface area contributed by atoms with Gasteiger partial charge in [0.15, 0.2) is 11.6 Å². The van der Waals surface area contributed by atoms with Crippen molar-refractivity contribution in [1.82, 2.24) is 0 Å². The third-order valence-electron chi connectivity index (χ3n) is 5.29. The van der Waals surface area contributed by atoms with E-state index in [0.717, 1.165) is 36.0 Å². The van der Waals surface area contributed by atoms with E-state index in [0.29, 0.717) is 5.56 Å². The first-order valence-electron chi connectivity index (χ1n) is 10.9. The van der Waals surface area contributed by atoms with Crippen LogP contribution in [0.15, 0.2) is 53.5 Å². The zero-order chi connectivity index (χ0) is 23.8. The van der Waals surface area contributed by atoms with Gasteiger partial charge >= 0.3 is 0 Å². The molecule has 3 aromatic rings. The Morgan fingerprint density at radius 3 is 2.09 bits per heavy atom. The Labute approximate surface area is 199 Å².